The molecular weight excluding hydrogens is 319 g/mol. The molecule has 1 aromatic rings. The zero-order chi connectivity index (χ0) is 16.4. The fourth-order valence-electron chi connectivity index (χ4n) is 2.30. The average molecular weight is 338 g/mol. The number of nitrogens with one attached hydrogen (secondary N) is 1. The van der Waals surface area contributed by atoms with E-state index in [2.05, 4.69) is 29.0 Å². The number of nitrogens with zero attached hydrogens (tertiary/aromatic N) is 2. The van der Waals surface area contributed by atoms with E-state index in [1.165, 1.54) is 0 Å². The Morgan fingerprint density at radius 3 is 2.50 bits per heavy atom. The SMILES string of the molecule is CC(C)(CNc1ncc(C(F)(F)F)cc1Cl)N1CCOCC1. The lowest BCUT2D eigenvalue weighted by atomic mass is 10.0. The number of morpholine rings is 1. The molecule has 1 aliphatic heterocycles. The van der Waals surface area contributed by atoms with Gasteiger partial charge in [0.2, 0.25) is 0 Å². The number of aromatic nitrogens is 1. The Hall–Kier alpha value is -1.05. The second-order valence-corrected chi connectivity index (χ2v) is 6.22. The van der Waals surface area contributed by atoms with E-state index in [1.807, 2.05) is 0 Å². The molecule has 1 aromatic heterocycles. The van der Waals surface area contributed by atoms with Crippen LogP contribution >= 0.6 is 11.6 Å². The number of hydrogen-bond donors (Lipinski definition) is 1. The van der Waals surface area contributed by atoms with Gasteiger partial charge in [-0.1, -0.05) is 11.6 Å². The standard InChI is InChI=1S/C14H19ClF3N3O/c1-13(2,21-3-5-22-6-4-21)9-20-12-11(15)7-10(8-19-12)14(16,17)18/h7-8H,3-6,9H2,1-2H3,(H,19,20). The van der Waals surface area contributed by atoms with Crippen LogP contribution in [0.15, 0.2) is 12.3 Å². The smallest absolute Gasteiger partial charge is 0.379 e. The molecule has 22 heavy (non-hydrogen) atoms. The molecule has 2 heterocycles. The van der Waals surface area contributed by atoms with Crippen molar-refractivity contribution in [1.82, 2.24) is 9.88 Å². The summed E-state index contributed by atoms with van der Waals surface area (Å²) in [5, 5.41) is 3.00. The first kappa shape index (κ1) is 17.3. The van der Waals surface area contributed by atoms with Gasteiger partial charge >= 0.3 is 6.18 Å². The number of rotatable bonds is 4. The summed E-state index contributed by atoms with van der Waals surface area (Å²) in [6, 6.07) is 0.888. The van der Waals surface area contributed by atoms with Crippen LogP contribution in [0.2, 0.25) is 5.02 Å². The maximum atomic E-state index is 12.6. The van der Waals surface area contributed by atoms with Gasteiger partial charge in [-0.25, -0.2) is 4.98 Å². The molecule has 1 aliphatic rings. The Kier molecular flexibility index (Phi) is 5.19. The molecular formula is C14H19ClF3N3O. The highest BCUT2D eigenvalue weighted by molar-refractivity contribution is 6.32. The summed E-state index contributed by atoms with van der Waals surface area (Å²) < 4.78 is 43.1. The summed E-state index contributed by atoms with van der Waals surface area (Å²) in [5.41, 5.74) is -1.03. The van der Waals surface area contributed by atoms with Crippen LogP contribution in [0.5, 0.6) is 0 Å². The summed E-state index contributed by atoms with van der Waals surface area (Å²) in [7, 11) is 0. The van der Waals surface area contributed by atoms with E-state index < -0.39 is 11.7 Å². The van der Waals surface area contributed by atoms with Crippen molar-refractivity contribution in [1.29, 1.82) is 0 Å². The third kappa shape index (κ3) is 4.24. The van der Waals surface area contributed by atoms with Crippen molar-refractivity contribution in [2.75, 3.05) is 38.2 Å². The van der Waals surface area contributed by atoms with E-state index in [4.69, 9.17) is 16.3 Å². The quantitative estimate of drug-likeness (QED) is 0.915. The van der Waals surface area contributed by atoms with Crippen molar-refractivity contribution in [3.8, 4) is 0 Å². The minimum Gasteiger partial charge on any atom is -0.379 e. The van der Waals surface area contributed by atoms with E-state index >= 15 is 0 Å². The molecule has 1 N–H and O–H groups in total. The van der Waals surface area contributed by atoms with Gasteiger partial charge in [-0.05, 0) is 19.9 Å². The lowest BCUT2D eigenvalue weighted by molar-refractivity contribution is -0.137. The Bertz CT molecular complexity index is 517. The summed E-state index contributed by atoms with van der Waals surface area (Å²) in [5.74, 6) is 0.260. The predicted octanol–water partition coefficient (Wildman–Crippen LogP) is 3.28. The topological polar surface area (TPSA) is 37.4 Å². The molecule has 0 aromatic carbocycles. The van der Waals surface area contributed by atoms with Crippen molar-refractivity contribution in [3.05, 3.63) is 22.8 Å². The van der Waals surface area contributed by atoms with Crippen molar-refractivity contribution in [2.45, 2.75) is 25.6 Å². The van der Waals surface area contributed by atoms with E-state index in [1.54, 1.807) is 0 Å². The molecule has 0 amide bonds. The Labute approximate surface area is 132 Å². The molecule has 0 unspecified atom stereocenters. The molecule has 2 rings (SSSR count). The van der Waals surface area contributed by atoms with Gasteiger partial charge in [0.1, 0.15) is 5.82 Å². The molecule has 0 radical (unpaired) electrons. The van der Waals surface area contributed by atoms with Crippen molar-refractivity contribution < 1.29 is 17.9 Å². The Balaban J connectivity index is 2.01. The predicted molar refractivity (Wildman–Crippen MR) is 79.2 cm³/mol. The van der Waals surface area contributed by atoms with Crippen LogP contribution in [0.3, 0.4) is 0 Å². The van der Waals surface area contributed by atoms with E-state index in [-0.39, 0.29) is 16.4 Å². The van der Waals surface area contributed by atoms with E-state index in [0.29, 0.717) is 19.8 Å². The molecule has 0 saturated carbocycles. The Morgan fingerprint density at radius 2 is 1.95 bits per heavy atom. The largest absolute Gasteiger partial charge is 0.417 e. The third-order valence-corrected chi connectivity index (χ3v) is 4.01. The van der Waals surface area contributed by atoms with Gasteiger partial charge < -0.3 is 10.1 Å². The zero-order valence-corrected chi connectivity index (χ0v) is 13.3. The lowest BCUT2D eigenvalue weighted by Gasteiger charge is -2.41. The second-order valence-electron chi connectivity index (χ2n) is 5.82. The molecule has 1 fully saturated rings. The van der Waals surface area contributed by atoms with Gasteiger partial charge in [0.05, 0.1) is 23.8 Å². The van der Waals surface area contributed by atoms with Crippen molar-refractivity contribution >= 4 is 17.4 Å². The molecule has 124 valence electrons. The Morgan fingerprint density at radius 1 is 1.32 bits per heavy atom. The summed E-state index contributed by atoms with van der Waals surface area (Å²) in [4.78, 5) is 6.05. The van der Waals surface area contributed by atoms with Crippen LogP contribution in [0.4, 0.5) is 19.0 Å². The highest BCUT2D eigenvalue weighted by Gasteiger charge is 2.32. The maximum Gasteiger partial charge on any atom is 0.417 e. The maximum absolute atomic E-state index is 12.6. The molecule has 0 spiro atoms. The zero-order valence-electron chi connectivity index (χ0n) is 12.5. The molecule has 8 heteroatoms. The van der Waals surface area contributed by atoms with Crippen LogP contribution < -0.4 is 5.32 Å². The highest BCUT2D eigenvalue weighted by atomic mass is 35.5. The fraction of sp³-hybridized carbons (Fsp3) is 0.643. The number of ether oxygens (including phenoxy) is 1. The number of pyridine rings is 1. The highest BCUT2D eigenvalue weighted by Crippen LogP contribution is 2.32. The number of anilines is 1. The second kappa shape index (κ2) is 6.60. The number of hydrogen-bond acceptors (Lipinski definition) is 4. The van der Waals surface area contributed by atoms with Crippen LogP contribution in [0, 0.1) is 0 Å². The first-order chi connectivity index (χ1) is 10.2. The molecule has 0 bridgehead atoms. The van der Waals surface area contributed by atoms with Crippen LogP contribution in [0.25, 0.3) is 0 Å². The fourth-order valence-corrected chi connectivity index (χ4v) is 2.54. The van der Waals surface area contributed by atoms with E-state index in [0.717, 1.165) is 25.4 Å². The van der Waals surface area contributed by atoms with Crippen molar-refractivity contribution in [2.24, 2.45) is 0 Å². The first-order valence-electron chi connectivity index (χ1n) is 6.99. The minimum absolute atomic E-state index is 0.0346. The summed E-state index contributed by atoms with van der Waals surface area (Å²) in [6.07, 6.45) is -3.65. The first-order valence-corrected chi connectivity index (χ1v) is 7.37. The number of alkyl halides is 3. The van der Waals surface area contributed by atoms with Crippen LogP contribution in [0.1, 0.15) is 19.4 Å². The number of halogens is 4. The summed E-state index contributed by atoms with van der Waals surface area (Å²) in [6.45, 7) is 7.65. The van der Waals surface area contributed by atoms with Crippen molar-refractivity contribution in [3.63, 3.8) is 0 Å². The molecule has 4 nitrogen and oxygen atoms in total. The molecule has 0 atom stereocenters. The monoisotopic (exact) mass is 337 g/mol. The average Bonchev–Trinajstić information content (AvgIpc) is 2.46. The van der Waals surface area contributed by atoms with Gasteiger partial charge in [-0.3, -0.25) is 4.90 Å². The van der Waals surface area contributed by atoms with Gasteiger partial charge in [0.25, 0.3) is 0 Å². The van der Waals surface area contributed by atoms with Gasteiger partial charge in [-0.2, -0.15) is 13.2 Å². The molecule has 0 aliphatic carbocycles. The van der Waals surface area contributed by atoms with E-state index in [9.17, 15) is 13.2 Å². The summed E-state index contributed by atoms with van der Waals surface area (Å²) >= 11 is 5.89. The van der Waals surface area contributed by atoms with Crippen LogP contribution in [-0.4, -0.2) is 48.3 Å². The van der Waals surface area contributed by atoms with Gasteiger partial charge in [0, 0.05) is 31.4 Å². The normalized spacial score (nSPS) is 17.5. The van der Waals surface area contributed by atoms with Crippen LogP contribution in [-0.2, 0) is 10.9 Å². The third-order valence-electron chi connectivity index (χ3n) is 3.72. The van der Waals surface area contributed by atoms with Gasteiger partial charge in [0.15, 0.2) is 0 Å². The van der Waals surface area contributed by atoms with Gasteiger partial charge in [-0.15, -0.1) is 0 Å². The lowest BCUT2D eigenvalue weighted by Crippen LogP contribution is -2.53. The minimum atomic E-state index is -4.44. The molecule has 1 saturated heterocycles.